The number of hydrogen-bond donors (Lipinski definition) is 0. The second-order valence-electron chi connectivity index (χ2n) is 4.00. The molecule has 0 spiro atoms. The summed E-state index contributed by atoms with van der Waals surface area (Å²) in [5.41, 5.74) is -0.237. The molecule has 6 nitrogen and oxygen atoms in total. The Morgan fingerprint density at radius 3 is 2.11 bits per heavy atom. The number of nitro groups is 1. The van der Waals surface area contributed by atoms with Gasteiger partial charge in [0.1, 0.15) is 0 Å². The van der Waals surface area contributed by atoms with Gasteiger partial charge in [0.05, 0.1) is 30.8 Å². The number of methoxy groups -OCH3 is 2. The first-order chi connectivity index (χ1) is 8.42. The monoisotopic (exact) mass is 253 g/mol. The van der Waals surface area contributed by atoms with E-state index in [0.717, 1.165) is 0 Å². The molecule has 0 radical (unpaired) electrons. The number of carbonyl (C=O) groups excluding carboxylic acids is 1. The Labute approximate surface area is 105 Å². The molecule has 1 rings (SSSR count). The molecule has 0 saturated heterocycles. The Kier molecular flexibility index (Phi) is 4.25. The molecule has 0 bridgehead atoms. The van der Waals surface area contributed by atoms with Gasteiger partial charge in [0.25, 0.3) is 5.69 Å². The number of rotatable bonds is 5. The number of benzene rings is 1. The third kappa shape index (κ3) is 2.58. The number of hydrogen-bond acceptors (Lipinski definition) is 5. The molecule has 1 aromatic carbocycles. The molecule has 6 heteroatoms. The summed E-state index contributed by atoms with van der Waals surface area (Å²) in [6.07, 6.45) is 0. The summed E-state index contributed by atoms with van der Waals surface area (Å²) in [6, 6.07) is 2.55. The van der Waals surface area contributed by atoms with Gasteiger partial charge < -0.3 is 9.47 Å². The Morgan fingerprint density at radius 1 is 1.22 bits per heavy atom. The van der Waals surface area contributed by atoms with Crippen LogP contribution in [0.15, 0.2) is 12.1 Å². The first kappa shape index (κ1) is 14.0. The highest BCUT2D eigenvalue weighted by molar-refractivity contribution is 6.01. The van der Waals surface area contributed by atoms with E-state index in [1.165, 1.54) is 26.4 Å². The van der Waals surface area contributed by atoms with Crippen molar-refractivity contribution in [3.8, 4) is 11.5 Å². The maximum absolute atomic E-state index is 11.9. The first-order valence-electron chi connectivity index (χ1n) is 5.37. The lowest BCUT2D eigenvalue weighted by Crippen LogP contribution is -2.11. The molecular weight excluding hydrogens is 238 g/mol. The van der Waals surface area contributed by atoms with Crippen LogP contribution in [0.25, 0.3) is 0 Å². The van der Waals surface area contributed by atoms with Crippen molar-refractivity contribution in [1.29, 1.82) is 0 Å². The van der Waals surface area contributed by atoms with E-state index in [4.69, 9.17) is 9.47 Å². The molecule has 0 aliphatic heterocycles. The molecule has 0 amide bonds. The van der Waals surface area contributed by atoms with Crippen molar-refractivity contribution in [3.63, 3.8) is 0 Å². The summed E-state index contributed by atoms with van der Waals surface area (Å²) in [6.45, 7) is 3.37. The largest absolute Gasteiger partial charge is 0.493 e. The fraction of sp³-hybridized carbons (Fsp3) is 0.417. The summed E-state index contributed by atoms with van der Waals surface area (Å²) < 4.78 is 10.0. The molecule has 0 unspecified atom stereocenters. The summed E-state index contributed by atoms with van der Waals surface area (Å²) in [5.74, 6) is -0.110. The highest BCUT2D eigenvalue weighted by Gasteiger charge is 2.25. The number of ether oxygens (including phenoxy) is 2. The molecule has 0 aliphatic carbocycles. The van der Waals surface area contributed by atoms with E-state index in [0.29, 0.717) is 5.75 Å². The van der Waals surface area contributed by atoms with Crippen molar-refractivity contribution < 1.29 is 19.2 Å². The highest BCUT2D eigenvalue weighted by atomic mass is 16.6. The minimum atomic E-state index is -0.600. The number of ketones is 1. The number of Topliss-reactive ketones (excluding diaryl/α,β-unsaturated/α-hetero) is 1. The van der Waals surface area contributed by atoms with Crippen molar-refractivity contribution in [3.05, 3.63) is 27.8 Å². The van der Waals surface area contributed by atoms with Gasteiger partial charge in [-0.15, -0.1) is 0 Å². The fourth-order valence-corrected chi connectivity index (χ4v) is 1.53. The van der Waals surface area contributed by atoms with Gasteiger partial charge in [0.15, 0.2) is 17.3 Å². The quantitative estimate of drug-likeness (QED) is 0.457. The molecule has 0 aromatic heterocycles. The van der Waals surface area contributed by atoms with Crippen molar-refractivity contribution in [2.75, 3.05) is 14.2 Å². The van der Waals surface area contributed by atoms with Gasteiger partial charge in [-0.05, 0) is 0 Å². The highest BCUT2D eigenvalue weighted by Crippen LogP contribution is 2.35. The maximum Gasteiger partial charge on any atom is 0.284 e. The standard InChI is InChI=1S/C12H15NO5/c1-7(2)12(14)8-5-10(17-3)11(18-4)6-9(8)13(15)16/h5-7H,1-4H3. The molecule has 18 heavy (non-hydrogen) atoms. The van der Waals surface area contributed by atoms with Gasteiger partial charge >= 0.3 is 0 Å². The van der Waals surface area contributed by atoms with Gasteiger partial charge in [-0.3, -0.25) is 14.9 Å². The molecule has 0 heterocycles. The Morgan fingerprint density at radius 2 is 1.72 bits per heavy atom. The average Bonchev–Trinajstić information content (AvgIpc) is 2.35. The minimum Gasteiger partial charge on any atom is -0.493 e. The Bertz CT molecular complexity index is 482. The summed E-state index contributed by atoms with van der Waals surface area (Å²) in [5, 5.41) is 11.0. The molecule has 1 aromatic rings. The molecule has 0 saturated carbocycles. The zero-order valence-corrected chi connectivity index (χ0v) is 10.7. The van der Waals surface area contributed by atoms with E-state index in [9.17, 15) is 14.9 Å². The topological polar surface area (TPSA) is 78.7 Å². The van der Waals surface area contributed by atoms with E-state index in [1.54, 1.807) is 13.8 Å². The van der Waals surface area contributed by atoms with Crippen LogP contribution in [0.5, 0.6) is 11.5 Å². The molecular formula is C12H15NO5. The lowest BCUT2D eigenvalue weighted by molar-refractivity contribution is -0.385. The predicted octanol–water partition coefficient (Wildman–Crippen LogP) is 2.45. The first-order valence-corrected chi connectivity index (χ1v) is 5.37. The summed E-state index contributed by atoms with van der Waals surface area (Å²) >= 11 is 0. The van der Waals surface area contributed by atoms with Gasteiger partial charge in [-0.1, -0.05) is 13.8 Å². The zero-order chi connectivity index (χ0) is 13.9. The Hall–Kier alpha value is -2.11. The van der Waals surface area contributed by atoms with E-state index in [-0.39, 0.29) is 28.7 Å². The van der Waals surface area contributed by atoms with Gasteiger partial charge in [-0.25, -0.2) is 0 Å². The normalized spacial score (nSPS) is 10.3. The van der Waals surface area contributed by atoms with E-state index >= 15 is 0 Å². The molecule has 0 atom stereocenters. The van der Waals surface area contributed by atoms with Gasteiger partial charge in [0, 0.05) is 12.0 Å². The smallest absolute Gasteiger partial charge is 0.284 e. The van der Waals surface area contributed by atoms with Crippen molar-refractivity contribution >= 4 is 11.5 Å². The lowest BCUT2D eigenvalue weighted by Gasteiger charge is -2.11. The van der Waals surface area contributed by atoms with Crippen LogP contribution >= 0.6 is 0 Å². The summed E-state index contributed by atoms with van der Waals surface area (Å²) in [7, 11) is 2.79. The molecule has 0 aliphatic rings. The predicted molar refractivity (Wildman–Crippen MR) is 65.4 cm³/mol. The second-order valence-corrected chi connectivity index (χ2v) is 4.00. The molecule has 0 fully saturated rings. The van der Waals surface area contributed by atoms with E-state index in [2.05, 4.69) is 0 Å². The summed E-state index contributed by atoms with van der Waals surface area (Å²) in [4.78, 5) is 22.3. The van der Waals surface area contributed by atoms with Gasteiger partial charge in [-0.2, -0.15) is 0 Å². The number of nitrogens with zero attached hydrogens (tertiary/aromatic N) is 1. The van der Waals surface area contributed by atoms with Crippen LogP contribution in [0.4, 0.5) is 5.69 Å². The fourth-order valence-electron chi connectivity index (χ4n) is 1.53. The van der Waals surface area contributed by atoms with Crippen LogP contribution in [0.2, 0.25) is 0 Å². The zero-order valence-electron chi connectivity index (χ0n) is 10.7. The minimum absolute atomic E-state index is 0.0349. The van der Waals surface area contributed by atoms with Crippen molar-refractivity contribution in [1.82, 2.24) is 0 Å². The SMILES string of the molecule is COc1cc(C(=O)C(C)C)c([N+](=O)[O-])cc1OC. The van der Waals surface area contributed by atoms with E-state index in [1.807, 2.05) is 0 Å². The maximum atomic E-state index is 11.9. The number of carbonyl (C=O) groups is 1. The lowest BCUT2D eigenvalue weighted by atomic mass is 9.99. The average molecular weight is 253 g/mol. The van der Waals surface area contributed by atoms with E-state index < -0.39 is 4.92 Å². The van der Waals surface area contributed by atoms with Crippen molar-refractivity contribution in [2.45, 2.75) is 13.8 Å². The molecule has 0 N–H and O–H groups in total. The number of nitro benzene ring substituents is 1. The Balaban J connectivity index is 3.47. The third-order valence-corrected chi connectivity index (χ3v) is 2.49. The van der Waals surface area contributed by atoms with Crippen LogP contribution < -0.4 is 9.47 Å². The van der Waals surface area contributed by atoms with Crippen LogP contribution in [0.3, 0.4) is 0 Å². The van der Waals surface area contributed by atoms with Gasteiger partial charge in [0.2, 0.25) is 0 Å². The van der Waals surface area contributed by atoms with Crippen LogP contribution in [-0.2, 0) is 0 Å². The van der Waals surface area contributed by atoms with Crippen molar-refractivity contribution in [2.24, 2.45) is 5.92 Å². The third-order valence-electron chi connectivity index (χ3n) is 2.49. The van der Waals surface area contributed by atoms with Crippen LogP contribution in [0.1, 0.15) is 24.2 Å². The van der Waals surface area contributed by atoms with Crippen LogP contribution in [0, 0.1) is 16.0 Å². The van der Waals surface area contributed by atoms with Crippen LogP contribution in [-0.4, -0.2) is 24.9 Å². The second kappa shape index (κ2) is 5.48. The molecule has 98 valence electrons.